The number of hydrogen-bond acceptors (Lipinski definition) is 5. The minimum atomic E-state index is -0.108. The number of rotatable bonds is 9. The fourth-order valence-electron chi connectivity index (χ4n) is 3.05. The number of thiazole rings is 1. The second-order valence-electron chi connectivity index (χ2n) is 6.73. The molecular weight excluding hydrogens is 441 g/mol. The molecule has 0 saturated carbocycles. The van der Waals surface area contributed by atoms with Gasteiger partial charge in [0.25, 0.3) is 5.91 Å². The van der Waals surface area contributed by atoms with Crippen molar-refractivity contribution in [1.29, 1.82) is 0 Å². The molecule has 0 saturated heterocycles. The zero-order valence-corrected chi connectivity index (χ0v) is 19.8. The second-order valence-corrected chi connectivity index (χ2v) is 8.18. The van der Waals surface area contributed by atoms with Crippen LogP contribution in [0.2, 0.25) is 5.02 Å². The number of carbonyl (C=O) groups excluding carboxylic acids is 1. The fourth-order valence-corrected chi connectivity index (χ4v) is 4.26. The van der Waals surface area contributed by atoms with Gasteiger partial charge in [0.15, 0.2) is 11.7 Å². The summed E-state index contributed by atoms with van der Waals surface area (Å²) in [5, 5.41) is 1.35. The van der Waals surface area contributed by atoms with Crippen molar-refractivity contribution in [3.8, 4) is 5.75 Å². The van der Waals surface area contributed by atoms with Crippen LogP contribution in [0, 0.1) is 6.92 Å². The fraction of sp³-hybridized carbons (Fsp3) is 0.364. The number of hydrogen-bond donors (Lipinski definition) is 0. The maximum Gasteiger partial charge on any atom is 0.266 e. The van der Waals surface area contributed by atoms with E-state index in [0.29, 0.717) is 22.4 Å². The number of aryl methyl sites for hydroxylation is 1. The van der Waals surface area contributed by atoms with Crippen molar-refractivity contribution in [1.82, 2.24) is 9.88 Å². The molecule has 0 spiro atoms. The van der Waals surface area contributed by atoms with E-state index in [9.17, 15) is 4.79 Å². The van der Waals surface area contributed by atoms with Crippen LogP contribution in [0.25, 0.3) is 10.2 Å². The van der Waals surface area contributed by atoms with Gasteiger partial charge in [-0.3, -0.25) is 9.69 Å². The molecule has 0 N–H and O–H groups in total. The smallest absolute Gasteiger partial charge is 0.266 e. The average molecular weight is 468 g/mol. The minimum absolute atomic E-state index is 0. The molecule has 0 atom stereocenters. The lowest BCUT2D eigenvalue weighted by molar-refractivity contribution is -0.120. The summed E-state index contributed by atoms with van der Waals surface area (Å²) in [6.45, 7) is 9.49. The van der Waals surface area contributed by atoms with Crippen molar-refractivity contribution in [2.75, 3.05) is 37.7 Å². The zero-order chi connectivity index (χ0) is 20.8. The third-order valence-electron chi connectivity index (χ3n) is 4.85. The van der Waals surface area contributed by atoms with Gasteiger partial charge in [-0.2, -0.15) is 0 Å². The second kappa shape index (κ2) is 11.5. The molecule has 2 aromatic carbocycles. The Morgan fingerprint density at radius 1 is 1.10 bits per heavy atom. The molecule has 1 aromatic heterocycles. The first-order valence-corrected chi connectivity index (χ1v) is 11.0. The molecule has 1 amide bonds. The molecule has 0 bridgehead atoms. The van der Waals surface area contributed by atoms with E-state index in [4.69, 9.17) is 21.3 Å². The van der Waals surface area contributed by atoms with Crippen LogP contribution in [0.4, 0.5) is 5.13 Å². The van der Waals surface area contributed by atoms with Gasteiger partial charge in [0.05, 0.1) is 10.2 Å². The first kappa shape index (κ1) is 24.4. The first-order valence-electron chi connectivity index (χ1n) is 9.79. The number of fused-ring (bicyclic) bond motifs is 1. The maximum absolute atomic E-state index is 13.1. The van der Waals surface area contributed by atoms with Crippen LogP contribution in [0.15, 0.2) is 42.5 Å². The Morgan fingerprint density at radius 3 is 2.43 bits per heavy atom. The van der Waals surface area contributed by atoms with Crippen LogP contribution < -0.4 is 9.64 Å². The quantitative estimate of drug-likeness (QED) is 0.420. The zero-order valence-electron chi connectivity index (χ0n) is 17.4. The Balaban J connectivity index is 0.00000320. The predicted octanol–water partition coefficient (Wildman–Crippen LogP) is 5.43. The number of benzene rings is 2. The van der Waals surface area contributed by atoms with Crippen LogP contribution in [0.1, 0.15) is 19.4 Å². The summed E-state index contributed by atoms with van der Waals surface area (Å²) in [6, 6.07) is 13.1. The van der Waals surface area contributed by atoms with E-state index in [1.54, 1.807) is 40.5 Å². The monoisotopic (exact) mass is 467 g/mol. The summed E-state index contributed by atoms with van der Waals surface area (Å²) in [5.41, 5.74) is 2.06. The molecule has 30 heavy (non-hydrogen) atoms. The van der Waals surface area contributed by atoms with Gasteiger partial charge in [0, 0.05) is 18.1 Å². The molecule has 3 aromatic rings. The van der Waals surface area contributed by atoms with Gasteiger partial charge in [-0.05, 0) is 55.9 Å². The van der Waals surface area contributed by atoms with E-state index in [1.807, 2.05) is 25.1 Å². The number of ether oxygens (including phenoxy) is 1. The molecule has 0 aliphatic rings. The number of likely N-dealkylation sites (N-methyl/N-ethyl adjacent to an activating group) is 1. The Bertz CT molecular complexity index is 959. The Morgan fingerprint density at radius 2 is 1.80 bits per heavy atom. The average Bonchev–Trinajstić information content (AvgIpc) is 3.16. The molecule has 0 aliphatic heterocycles. The Hall–Kier alpha value is -1.86. The normalized spacial score (nSPS) is 10.8. The SMILES string of the molecule is CCN(CC)CCN(C(=O)COc1ccc(Cl)cc1)c1nc2c(C)cccc2s1.Cl. The number of amides is 1. The Kier molecular flexibility index (Phi) is 9.37. The van der Waals surface area contributed by atoms with E-state index >= 15 is 0 Å². The summed E-state index contributed by atoms with van der Waals surface area (Å²) < 4.78 is 6.78. The van der Waals surface area contributed by atoms with E-state index in [2.05, 4.69) is 18.7 Å². The molecule has 0 unspecified atom stereocenters. The number of aromatic nitrogens is 1. The van der Waals surface area contributed by atoms with Crippen LogP contribution in [-0.4, -0.2) is 48.6 Å². The number of para-hydroxylation sites is 1. The molecule has 0 fully saturated rings. The highest BCUT2D eigenvalue weighted by molar-refractivity contribution is 7.22. The van der Waals surface area contributed by atoms with Crippen molar-refractivity contribution < 1.29 is 9.53 Å². The molecule has 8 heteroatoms. The van der Waals surface area contributed by atoms with Gasteiger partial charge in [-0.25, -0.2) is 4.98 Å². The molecule has 3 rings (SSSR count). The molecule has 5 nitrogen and oxygen atoms in total. The van der Waals surface area contributed by atoms with Gasteiger partial charge < -0.3 is 9.64 Å². The lowest BCUT2D eigenvalue weighted by Crippen LogP contribution is -2.41. The van der Waals surface area contributed by atoms with E-state index in [0.717, 1.165) is 35.4 Å². The van der Waals surface area contributed by atoms with Crippen molar-refractivity contribution in [2.45, 2.75) is 20.8 Å². The van der Waals surface area contributed by atoms with Gasteiger partial charge in [-0.15, -0.1) is 12.4 Å². The summed E-state index contributed by atoms with van der Waals surface area (Å²) in [7, 11) is 0. The van der Waals surface area contributed by atoms with E-state index < -0.39 is 0 Å². The lowest BCUT2D eigenvalue weighted by atomic mass is 10.2. The van der Waals surface area contributed by atoms with Crippen molar-refractivity contribution in [3.63, 3.8) is 0 Å². The molecular formula is C22H27Cl2N3O2S. The summed E-state index contributed by atoms with van der Waals surface area (Å²) in [5.74, 6) is 0.510. The number of carbonyl (C=O) groups is 1. The van der Waals surface area contributed by atoms with Gasteiger partial charge in [0.2, 0.25) is 0 Å². The summed E-state index contributed by atoms with van der Waals surface area (Å²) >= 11 is 7.45. The van der Waals surface area contributed by atoms with Crippen LogP contribution in [0.3, 0.4) is 0 Å². The van der Waals surface area contributed by atoms with Gasteiger partial charge in [0.1, 0.15) is 5.75 Å². The van der Waals surface area contributed by atoms with E-state index in [1.165, 1.54) is 0 Å². The third-order valence-corrected chi connectivity index (χ3v) is 6.15. The van der Waals surface area contributed by atoms with Crippen LogP contribution >= 0.6 is 35.3 Å². The molecule has 162 valence electrons. The lowest BCUT2D eigenvalue weighted by Gasteiger charge is -2.24. The van der Waals surface area contributed by atoms with Crippen molar-refractivity contribution in [3.05, 3.63) is 53.1 Å². The Labute approximate surface area is 193 Å². The molecule has 0 radical (unpaired) electrons. The third kappa shape index (κ3) is 6.08. The van der Waals surface area contributed by atoms with Gasteiger partial charge in [-0.1, -0.05) is 48.9 Å². The first-order chi connectivity index (χ1) is 14.0. The highest BCUT2D eigenvalue weighted by Crippen LogP contribution is 2.30. The summed E-state index contributed by atoms with van der Waals surface area (Å²) in [4.78, 5) is 21.9. The van der Waals surface area contributed by atoms with Crippen LogP contribution in [0.5, 0.6) is 5.75 Å². The summed E-state index contributed by atoms with van der Waals surface area (Å²) in [6.07, 6.45) is 0. The number of anilines is 1. The molecule has 1 heterocycles. The van der Waals surface area contributed by atoms with Crippen LogP contribution in [-0.2, 0) is 4.79 Å². The topological polar surface area (TPSA) is 45.7 Å². The number of halogens is 2. The molecule has 0 aliphatic carbocycles. The van der Waals surface area contributed by atoms with E-state index in [-0.39, 0.29) is 24.9 Å². The standard InChI is InChI=1S/C22H26ClN3O2S.ClH/c1-4-25(5-2)13-14-26(20(27)15-28-18-11-9-17(23)10-12-18)22-24-21-16(3)7-6-8-19(21)29-22;/h6-12H,4-5,13-15H2,1-3H3;1H. The highest BCUT2D eigenvalue weighted by atomic mass is 35.5. The predicted molar refractivity (Wildman–Crippen MR) is 129 cm³/mol. The largest absolute Gasteiger partial charge is 0.484 e. The van der Waals surface area contributed by atoms with Crippen molar-refractivity contribution >= 4 is 56.6 Å². The van der Waals surface area contributed by atoms with Crippen molar-refractivity contribution in [2.24, 2.45) is 0 Å². The highest BCUT2D eigenvalue weighted by Gasteiger charge is 2.21. The number of nitrogens with zero attached hydrogens (tertiary/aromatic N) is 3. The maximum atomic E-state index is 13.1. The van der Waals surface area contributed by atoms with Gasteiger partial charge >= 0.3 is 0 Å². The minimum Gasteiger partial charge on any atom is -0.484 e.